The van der Waals surface area contributed by atoms with E-state index in [0.717, 1.165) is 5.56 Å². The molecule has 2 aromatic carbocycles. The van der Waals surface area contributed by atoms with Crippen molar-refractivity contribution in [3.8, 4) is 6.07 Å². The summed E-state index contributed by atoms with van der Waals surface area (Å²) in [6.07, 6.45) is 1.18. The maximum Gasteiger partial charge on any atom is 0.261 e. The summed E-state index contributed by atoms with van der Waals surface area (Å²) in [6, 6.07) is 12.6. The smallest absolute Gasteiger partial charge is 0.261 e. The molecule has 0 aliphatic heterocycles. The summed E-state index contributed by atoms with van der Waals surface area (Å²) >= 11 is 0. The van der Waals surface area contributed by atoms with Crippen LogP contribution in [0.4, 0.5) is 5.69 Å². The molecule has 1 aliphatic carbocycles. The fourth-order valence-corrected chi connectivity index (χ4v) is 3.47. The van der Waals surface area contributed by atoms with Crippen LogP contribution in [-0.4, -0.2) is 14.2 Å². The predicted octanol–water partition coefficient (Wildman–Crippen LogP) is 2.49. The van der Waals surface area contributed by atoms with Gasteiger partial charge in [0, 0.05) is 17.7 Å². The van der Waals surface area contributed by atoms with E-state index in [2.05, 4.69) is 4.72 Å². The molecular weight excluding hydrogens is 300 g/mol. The molecule has 0 heterocycles. The number of sulfonamides is 1. The molecule has 0 amide bonds. The highest BCUT2D eigenvalue weighted by Crippen LogP contribution is 2.26. The lowest BCUT2D eigenvalue weighted by Gasteiger charge is -2.09. The lowest BCUT2D eigenvalue weighted by molar-refractivity contribution is 0.0994. The summed E-state index contributed by atoms with van der Waals surface area (Å²) in [5, 5.41) is 8.73. The van der Waals surface area contributed by atoms with E-state index in [0.29, 0.717) is 29.7 Å². The van der Waals surface area contributed by atoms with Crippen LogP contribution in [0.25, 0.3) is 0 Å². The summed E-state index contributed by atoms with van der Waals surface area (Å²) in [5.74, 6) is 0.0365. The van der Waals surface area contributed by atoms with Gasteiger partial charge in [0.05, 0.1) is 16.5 Å². The third-order valence-electron chi connectivity index (χ3n) is 3.58. The second-order valence-electron chi connectivity index (χ2n) is 5.04. The van der Waals surface area contributed by atoms with E-state index < -0.39 is 10.0 Å². The standard InChI is InChI=1S/C16H12N2O3S/c17-10-11-1-6-14(7-2-11)22(20,21)18-13-5-3-12-4-8-16(19)15(12)9-13/h1-3,5-7,9,18H,4,8H2. The van der Waals surface area contributed by atoms with Gasteiger partial charge in [-0.15, -0.1) is 0 Å². The van der Waals surface area contributed by atoms with Crippen molar-refractivity contribution in [3.63, 3.8) is 0 Å². The lowest BCUT2D eigenvalue weighted by Crippen LogP contribution is -2.13. The topological polar surface area (TPSA) is 87.0 Å². The van der Waals surface area contributed by atoms with E-state index in [1.165, 1.54) is 24.3 Å². The van der Waals surface area contributed by atoms with Gasteiger partial charge < -0.3 is 0 Å². The number of hydrogen-bond acceptors (Lipinski definition) is 4. The molecule has 110 valence electrons. The maximum absolute atomic E-state index is 12.3. The molecule has 0 saturated heterocycles. The maximum atomic E-state index is 12.3. The number of anilines is 1. The molecule has 5 nitrogen and oxygen atoms in total. The molecule has 6 heteroatoms. The van der Waals surface area contributed by atoms with Crippen LogP contribution in [0.3, 0.4) is 0 Å². The quantitative estimate of drug-likeness (QED) is 0.943. The van der Waals surface area contributed by atoms with Crippen LogP contribution in [0.15, 0.2) is 47.4 Å². The van der Waals surface area contributed by atoms with Crippen LogP contribution < -0.4 is 4.72 Å². The van der Waals surface area contributed by atoms with Crippen molar-refractivity contribution < 1.29 is 13.2 Å². The number of fused-ring (bicyclic) bond motifs is 1. The van der Waals surface area contributed by atoms with Gasteiger partial charge in [-0.3, -0.25) is 9.52 Å². The number of carbonyl (C=O) groups excluding carboxylic acids is 1. The van der Waals surface area contributed by atoms with Crippen molar-refractivity contribution >= 4 is 21.5 Å². The molecule has 0 atom stereocenters. The number of Topliss-reactive ketones (excluding diaryl/α,β-unsaturated/α-hetero) is 1. The Bertz CT molecular complexity index is 894. The normalized spacial score (nSPS) is 13.5. The zero-order valence-electron chi connectivity index (χ0n) is 11.5. The Balaban J connectivity index is 1.90. The van der Waals surface area contributed by atoms with Crippen molar-refractivity contribution in [1.29, 1.82) is 5.26 Å². The number of nitrogens with zero attached hydrogens (tertiary/aromatic N) is 1. The second kappa shape index (κ2) is 5.28. The van der Waals surface area contributed by atoms with Gasteiger partial charge in [0.25, 0.3) is 10.0 Å². The van der Waals surface area contributed by atoms with Crippen LogP contribution in [0.5, 0.6) is 0 Å². The molecule has 0 spiro atoms. The highest BCUT2D eigenvalue weighted by atomic mass is 32.2. The summed E-state index contributed by atoms with van der Waals surface area (Å²) in [7, 11) is -3.74. The Hall–Kier alpha value is -2.65. The molecular formula is C16H12N2O3S. The van der Waals surface area contributed by atoms with Gasteiger partial charge in [-0.25, -0.2) is 8.42 Å². The lowest BCUT2D eigenvalue weighted by atomic mass is 10.1. The van der Waals surface area contributed by atoms with Gasteiger partial charge in [0.2, 0.25) is 0 Å². The number of ketones is 1. The van der Waals surface area contributed by atoms with Crippen molar-refractivity contribution in [2.45, 2.75) is 17.7 Å². The Morgan fingerprint density at radius 1 is 1.05 bits per heavy atom. The Morgan fingerprint density at radius 3 is 2.45 bits per heavy atom. The first-order valence-corrected chi connectivity index (χ1v) is 8.17. The molecule has 0 bridgehead atoms. The van der Waals surface area contributed by atoms with E-state index in [9.17, 15) is 13.2 Å². The zero-order valence-corrected chi connectivity index (χ0v) is 12.4. The van der Waals surface area contributed by atoms with Crippen molar-refractivity contribution in [1.82, 2.24) is 0 Å². The molecule has 0 unspecified atom stereocenters. The van der Waals surface area contributed by atoms with Crippen LogP contribution in [0.2, 0.25) is 0 Å². The van der Waals surface area contributed by atoms with E-state index in [1.807, 2.05) is 6.07 Å². The first kappa shape index (κ1) is 14.3. The summed E-state index contributed by atoms with van der Waals surface area (Å²) in [6.45, 7) is 0. The molecule has 1 N–H and O–H groups in total. The minimum absolute atomic E-state index is 0.0365. The minimum Gasteiger partial charge on any atom is -0.294 e. The monoisotopic (exact) mass is 312 g/mol. The second-order valence-corrected chi connectivity index (χ2v) is 6.72. The van der Waals surface area contributed by atoms with Crippen LogP contribution >= 0.6 is 0 Å². The Morgan fingerprint density at radius 2 is 1.77 bits per heavy atom. The van der Waals surface area contributed by atoms with Crippen molar-refractivity contribution in [3.05, 3.63) is 59.2 Å². The molecule has 3 rings (SSSR count). The highest BCUT2D eigenvalue weighted by Gasteiger charge is 2.21. The zero-order chi connectivity index (χ0) is 15.7. The third kappa shape index (κ3) is 2.59. The highest BCUT2D eigenvalue weighted by molar-refractivity contribution is 7.92. The predicted molar refractivity (Wildman–Crippen MR) is 81.1 cm³/mol. The molecule has 2 aromatic rings. The minimum atomic E-state index is -3.74. The number of benzene rings is 2. The van der Waals surface area contributed by atoms with E-state index in [4.69, 9.17) is 5.26 Å². The average Bonchev–Trinajstić information content (AvgIpc) is 2.88. The Kier molecular flexibility index (Phi) is 3.43. The summed E-state index contributed by atoms with van der Waals surface area (Å²) in [5.41, 5.74) is 2.28. The first-order valence-electron chi connectivity index (χ1n) is 6.69. The van der Waals surface area contributed by atoms with Crippen molar-refractivity contribution in [2.24, 2.45) is 0 Å². The van der Waals surface area contributed by atoms with Crippen LogP contribution in [0, 0.1) is 11.3 Å². The van der Waals surface area contributed by atoms with E-state index in [1.54, 1.807) is 18.2 Å². The number of nitrogens with one attached hydrogen (secondary N) is 1. The molecule has 0 radical (unpaired) electrons. The Labute approximate surface area is 128 Å². The van der Waals surface area contributed by atoms with Gasteiger partial charge in [-0.1, -0.05) is 6.07 Å². The summed E-state index contributed by atoms with van der Waals surface area (Å²) in [4.78, 5) is 11.8. The van der Waals surface area contributed by atoms with Crippen LogP contribution in [-0.2, 0) is 16.4 Å². The van der Waals surface area contributed by atoms with Gasteiger partial charge in [0.15, 0.2) is 5.78 Å². The molecule has 1 aliphatic rings. The third-order valence-corrected chi connectivity index (χ3v) is 4.97. The fraction of sp³-hybridized carbons (Fsp3) is 0.125. The van der Waals surface area contributed by atoms with E-state index in [-0.39, 0.29) is 10.7 Å². The molecule has 0 aromatic heterocycles. The van der Waals surface area contributed by atoms with Gasteiger partial charge in [-0.05, 0) is 48.4 Å². The first-order chi connectivity index (χ1) is 10.5. The number of rotatable bonds is 3. The molecule has 0 saturated carbocycles. The number of hydrogen-bond donors (Lipinski definition) is 1. The largest absolute Gasteiger partial charge is 0.294 e. The number of carbonyl (C=O) groups is 1. The molecule has 0 fully saturated rings. The van der Waals surface area contributed by atoms with Gasteiger partial charge in [-0.2, -0.15) is 5.26 Å². The molecule has 22 heavy (non-hydrogen) atoms. The number of aryl methyl sites for hydroxylation is 1. The van der Waals surface area contributed by atoms with E-state index >= 15 is 0 Å². The van der Waals surface area contributed by atoms with Crippen molar-refractivity contribution in [2.75, 3.05) is 4.72 Å². The van der Waals surface area contributed by atoms with Gasteiger partial charge in [0.1, 0.15) is 0 Å². The van der Waals surface area contributed by atoms with Crippen LogP contribution in [0.1, 0.15) is 27.9 Å². The SMILES string of the molecule is N#Cc1ccc(S(=O)(=O)Nc2ccc3c(c2)C(=O)CC3)cc1. The number of nitriles is 1. The average molecular weight is 312 g/mol. The summed E-state index contributed by atoms with van der Waals surface area (Å²) < 4.78 is 27.1. The fourth-order valence-electron chi connectivity index (χ4n) is 2.42. The van der Waals surface area contributed by atoms with Gasteiger partial charge >= 0.3 is 0 Å².